The van der Waals surface area contributed by atoms with E-state index in [0.29, 0.717) is 0 Å². The van der Waals surface area contributed by atoms with Crippen LogP contribution in [0.5, 0.6) is 0 Å². The summed E-state index contributed by atoms with van der Waals surface area (Å²) in [6.07, 6.45) is 6.57. The van der Waals surface area contributed by atoms with E-state index in [0.717, 1.165) is 12.5 Å². The summed E-state index contributed by atoms with van der Waals surface area (Å²) in [6, 6.07) is 6.97. The van der Waals surface area contributed by atoms with Gasteiger partial charge in [-0.25, -0.2) is 0 Å². The largest absolute Gasteiger partial charge is 0.384 e. The smallest absolute Gasteiger partial charge is 0.0373 e. The van der Waals surface area contributed by atoms with E-state index >= 15 is 0 Å². The molecule has 2 aliphatic heterocycles. The average Bonchev–Trinajstić information content (AvgIpc) is 2.85. The van der Waals surface area contributed by atoms with Crippen molar-refractivity contribution in [3.8, 4) is 0 Å². The molecule has 17 heavy (non-hydrogen) atoms. The molecule has 0 radical (unpaired) electrons. The van der Waals surface area contributed by atoms with Crippen molar-refractivity contribution in [3.05, 3.63) is 29.3 Å². The minimum absolute atomic E-state index is 0.898. The van der Waals surface area contributed by atoms with Gasteiger partial charge in [0.1, 0.15) is 0 Å². The van der Waals surface area contributed by atoms with Gasteiger partial charge >= 0.3 is 0 Å². The molecular formula is C15H22N2. The molecule has 1 saturated heterocycles. The van der Waals surface area contributed by atoms with E-state index in [9.17, 15) is 0 Å². The molecular weight excluding hydrogens is 208 g/mol. The van der Waals surface area contributed by atoms with E-state index in [1.165, 1.54) is 62.0 Å². The number of hydrogen-bond acceptors (Lipinski definition) is 2. The zero-order valence-corrected chi connectivity index (χ0v) is 10.5. The summed E-state index contributed by atoms with van der Waals surface area (Å²) in [5.41, 5.74) is 4.40. The van der Waals surface area contributed by atoms with Gasteiger partial charge in [-0.3, -0.25) is 0 Å². The van der Waals surface area contributed by atoms with Crippen molar-refractivity contribution in [1.82, 2.24) is 5.32 Å². The molecule has 2 nitrogen and oxygen atoms in total. The van der Waals surface area contributed by atoms with Gasteiger partial charge in [0, 0.05) is 12.2 Å². The van der Waals surface area contributed by atoms with Crippen molar-refractivity contribution in [2.75, 3.05) is 25.0 Å². The molecule has 2 aliphatic rings. The second-order valence-corrected chi connectivity index (χ2v) is 5.42. The second-order valence-electron chi connectivity index (χ2n) is 5.42. The van der Waals surface area contributed by atoms with Crippen molar-refractivity contribution in [3.63, 3.8) is 0 Å². The van der Waals surface area contributed by atoms with Crippen molar-refractivity contribution in [2.24, 2.45) is 5.92 Å². The second kappa shape index (κ2) is 5.09. The highest BCUT2D eigenvalue weighted by molar-refractivity contribution is 5.56. The third-order valence-electron chi connectivity index (χ3n) is 4.12. The lowest BCUT2D eigenvalue weighted by Crippen LogP contribution is -2.29. The van der Waals surface area contributed by atoms with Gasteiger partial charge in [-0.2, -0.15) is 0 Å². The van der Waals surface area contributed by atoms with E-state index in [2.05, 4.69) is 28.8 Å². The number of benzene rings is 1. The number of hydrogen-bond donors (Lipinski definition) is 2. The molecule has 0 bridgehead atoms. The normalized spacial score (nSPS) is 23.2. The van der Waals surface area contributed by atoms with Gasteiger partial charge in [0.2, 0.25) is 0 Å². The van der Waals surface area contributed by atoms with Crippen LogP contribution >= 0.6 is 0 Å². The molecule has 92 valence electrons. The van der Waals surface area contributed by atoms with Crippen molar-refractivity contribution in [1.29, 1.82) is 0 Å². The summed E-state index contributed by atoms with van der Waals surface area (Å²) < 4.78 is 0. The van der Waals surface area contributed by atoms with Crippen LogP contribution in [0.4, 0.5) is 5.69 Å². The Morgan fingerprint density at radius 2 is 2.24 bits per heavy atom. The Morgan fingerprint density at radius 3 is 3.12 bits per heavy atom. The highest BCUT2D eigenvalue weighted by Crippen LogP contribution is 2.24. The van der Waals surface area contributed by atoms with Crippen molar-refractivity contribution < 1.29 is 0 Å². The van der Waals surface area contributed by atoms with Crippen LogP contribution in [0.15, 0.2) is 18.2 Å². The van der Waals surface area contributed by atoms with Gasteiger partial charge in [0.25, 0.3) is 0 Å². The van der Waals surface area contributed by atoms with Crippen molar-refractivity contribution >= 4 is 5.69 Å². The molecule has 0 spiro atoms. The van der Waals surface area contributed by atoms with Gasteiger partial charge in [0.05, 0.1) is 0 Å². The van der Waals surface area contributed by atoms with Gasteiger partial charge in [-0.1, -0.05) is 12.1 Å². The summed E-state index contributed by atoms with van der Waals surface area (Å²) in [4.78, 5) is 0. The highest BCUT2D eigenvalue weighted by Gasteiger charge is 2.14. The zero-order valence-electron chi connectivity index (χ0n) is 10.5. The number of aryl methyl sites for hydroxylation is 1. The summed E-state index contributed by atoms with van der Waals surface area (Å²) in [6.45, 7) is 3.57. The first-order valence-corrected chi connectivity index (χ1v) is 6.98. The number of fused-ring (bicyclic) bond motifs is 1. The lowest BCUT2D eigenvalue weighted by atomic mass is 9.92. The Bertz CT molecular complexity index is 381. The molecule has 0 saturated carbocycles. The monoisotopic (exact) mass is 230 g/mol. The maximum absolute atomic E-state index is 3.50. The van der Waals surface area contributed by atoms with Crippen LogP contribution < -0.4 is 10.6 Å². The fourth-order valence-corrected chi connectivity index (χ4v) is 3.05. The van der Waals surface area contributed by atoms with Crippen LogP contribution in [0.2, 0.25) is 0 Å². The molecule has 0 aliphatic carbocycles. The molecule has 1 fully saturated rings. The Morgan fingerprint density at radius 1 is 1.24 bits per heavy atom. The zero-order chi connectivity index (χ0) is 11.5. The minimum atomic E-state index is 0.898. The van der Waals surface area contributed by atoms with Crippen LogP contribution in [-0.4, -0.2) is 19.6 Å². The van der Waals surface area contributed by atoms with Gasteiger partial charge in [-0.05, 0) is 68.3 Å². The fourth-order valence-electron chi connectivity index (χ4n) is 3.05. The van der Waals surface area contributed by atoms with E-state index < -0.39 is 0 Å². The summed E-state index contributed by atoms with van der Waals surface area (Å²) in [5, 5.41) is 6.93. The number of piperidine rings is 1. The molecule has 2 heteroatoms. The molecule has 1 atom stereocenters. The Hall–Kier alpha value is -1.02. The van der Waals surface area contributed by atoms with Crippen LogP contribution in [0.1, 0.15) is 30.4 Å². The fraction of sp³-hybridized carbons (Fsp3) is 0.600. The standard InChI is InChI=1S/C15H22N2/c1-2-13(11-16-8-1)4-3-12-5-6-15-14(10-12)7-9-17-15/h5-6,10,13,16-17H,1-4,7-9,11H2. The first kappa shape index (κ1) is 11.1. The van der Waals surface area contributed by atoms with Gasteiger partial charge in [0.15, 0.2) is 0 Å². The third kappa shape index (κ3) is 2.63. The molecule has 3 rings (SSSR count). The molecule has 0 amide bonds. The quantitative estimate of drug-likeness (QED) is 0.834. The number of rotatable bonds is 3. The summed E-state index contributed by atoms with van der Waals surface area (Å²) in [7, 11) is 0. The van der Waals surface area contributed by atoms with Crippen LogP contribution in [-0.2, 0) is 12.8 Å². The molecule has 2 N–H and O–H groups in total. The Balaban J connectivity index is 1.57. The maximum Gasteiger partial charge on any atom is 0.0373 e. The van der Waals surface area contributed by atoms with E-state index in [1.54, 1.807) is 0 Å². The molecule has 1 aromatic rings. The lowest BCUT2D eigenvalue weighted by Gasteiger charge is -2.22. The third-order valence-corrected chi connectivity index (χ3v) is 4.12. The van der Waals surface area contributed by atoms with Gasteiger partial charge in [-0.15, -0.1) is 0 Å². The number of anilines is 1. The first-order chi connectivity index (χ1) is 8.42. The molecule has 1 unspecified atom stereocenters. The Labute approximate surface area is 104 Å². The van der Waals surface area contributed by atoms with Gasteiger partial charge < -0.3 is 10.6 Å². The van der Waals surface area contributed by atoms with Crippen molar-refractivity contribution in [2.45, 2.75) is 32.1 Å². The maximum atomic E-state index is 3.50. The highest BCUT2D eigenvalue weighted by atomic mass is 14.9. The van der Waals surface area contributed by atoms with Crippen LogP contribution in [0.3, 0.4) is 0 Å². The average molecular weight is 230 g/mol. The predicted molar refractivity (Wildman–Crippen MR) is 72.6 cm³/mol. The molecule has 2 heterocycles. The summed E-state index contributed by atoms with van der Waals surface area (Å²) >= 11 is 0. The van der Waals surface area contributed by atoms with E-state index in [-0.39, 0.29) is 0 Å². The topological polar surface area (TPSA) is 24.1 Å². The lowest BCUT2D eigenvalue weighted by molar-refractivity contribution is 0.358. The SMILES string of the molecule is c1cc2c(cc1CCC1CCCNC1)CCN2. The van der Waals surface area contributed by atoms with E-state index in [1.807, 2.05) is 0 Å². The predicted octanol–water partition coefficient (Wildman–Crippen LogP) is 2.59. The number of nitrogens with one attached hydrogen (secondary N) is 2. The minimum Gasteiger partial charge on any atom is -0.384 e. The molecule has 0 aromatic heterocycles. The van der Waals surface area contributed by atoms with E-state index in [4.69, 9.17) is 0 Å². The van der Waals surface area contributed by atoms with Crippen LogP contribution in [0, 0.1) is 5.92 Å². The molecule has 1 aromatic carbocycles. The first-order valence-electron chi connectivity index (χ1n) is 6.98. The Kier molecular flexibility index (Phi) is 3.32. The van der Waals surface area contributed by atoms with Crippen LogP contribution in [0.25, 0.3) is 0 Å². The summed E-state index contributed by atoms with van der Waals surface area (Å²) in [5.74, 6) is 0.898.